The summed E-state index contributed by atoms with van der Waals surface area (Å²) in [4.78, 5) is 30.9. The van der Waals surface area contributed by atoms with Gasteiger partial charge >= 0.3 is 0 Å². The van der Waals surface area contributed by atoms with Gasteiger partial charge in [0.25, 0.3) is 0 Å². The molecular weight excluding hydrogens is 342 g/mol. The molecule has 0 aliphatic heterocycles. The van der Waals surface area contributed by atoms with Crippen molar-refractivity contribution >= 4 is 34.8 Å². The zero-order valence-electron chi connectivity index (χ0n) is 15.0. The molecule has 0 fully saturated rings. The third kappa shape index (κ3) is 5.12. The predicted molar refractivity (Wildman–Crippen MR) is 106 cm³/mol. The number of aromatic nitrogens is 2. The van der Waals surface area contributed by atoms with Crippen molar-refractivity contribution in [2.45, 2.75) is 13.8 Å². The van der Waals surface area contributed by atoms with Gasteiger partial charge in [0.1, 0.15) is 0 Å². The minimum atomic E-state index is -0.115. The summed E-state index contributed by atoms with van der Waals surface area (Å²) in [6.07, 6.45) is 1.68. The quantitative estimate of drug-likeness (QED) is 0.642. The smallest absolute Gasteiger partial charge is 0.227 e. The standard InChI is InChI=1S/C20H19N5O2/c1-13(26)22-16-5-3-15(4-6-16)19-11-12-21-20(25-19)24-18-9-7-17(8-10-18)23-14(2)27/h3-12H,1-2H3,(H,22,26)(H,23,27)(H,21,24,25). The lowest BCUT2D eigenvalue weighted by Crippen LogP contribution is -2.05. The van der Waals surface area contributed by atoms with Crippen molar-refractivity contribution in [2.75, 3.05) is 16.0 Å². The van der Waals surface area contributed by atoms with Gasteiger partial charge in [-0.15, -0.1) is 0 Å². The summed E-state index contributed by atoms with van der Waals surface area (Å²) in [5.41, 5.74) is 3.94. The van der Waals surface area contributed by atoms with E-state index in [2.05, 4.69) is 25.9 Å². The molecule has 0 aliphatic rings. The van der Waals surface area contributed by atoms with E-state index >= 15 is 0 Å². The molecule has 7 heteroatoms. The van der Waals surface area contributed by atoms with Crippen molar-refractivity contribution in [1.29, 1.82) is 0 Å². The number of benzene rings is 2. The van der Waals surface area contributed by atoms with Crippen molar-refractivity contribution in [3.8, 4) is 11.3 Å². The summed E-state index contributed by atoms with van der Waals surface area (Å²) in [5, 5.41) is 8.59. The van der Waals surface area contributed by atoms with Crippen molar-refractivity contribution in [3.63, 3.8) is 0 Å². The topological polar surface area (TPSA) is 96.0 Å². The van der Waals surface area contributed by atoms with E-state index in [1.54, 1.807) is 18.3 Å². The van der Waals surface area contributed by atoms with Crippen LogP contribution in [0, 0.1) is 0 Å². The van der Waals surface area contributed by atoms with E-state index in [4.69, 9.17) is 0 Å². The van der Waals surface area contributed by atoms with E-state index in [1.807, 2.05) is 42.5 Å². The molecule has 3 N–H and O–H groups in total. The molecule has 1 aromatic heterocycles. The van der Waals surface area contributed by atoms with Crippen LogP contribution in [0.15, 0.2) is 60.8 Å². The molecule has 3 rings (SSSR count). The lowest BCUT2D eigenvalue weighted by Gasteiger charge is -2.08. The second kappa shape index (κ2) is 8.09. The highest BCUT2D eigenvalue weighted by molar-refractivity contribution is 5.89. The maximum absolute atomic E-state index is 11.1. The lowest BCUT2D eigenvalue weighted by atomic mass is 10.1. The van der Waals surface area contributed by atoms with E-state index < -0.39 is 0 Å². The number of nitrogens with zero attached hydrogens (tertiary/aromatic N) is 2. The molecule has 0 aliphatic carbocycles. The fourth-order valence-corrected chi connectivity index (χ4v) is 2.48. The van der Waals surface area contributed by atoms with Gasteiger partial charge in [0, 0.05) is 42.7 Å². The Balaban J connectivity index is 1.73. The zero-order valence-corrected chi connectivity index (χ0v) is 15.0. The molecule has 0 radical (unpaired) electrons. The van der Waals surface area contributed by atoms with E-state index in [0.29, 0.717) is 5.95 Å². The summed E-state index contributed by atoms with van der Waals surface area (Å²) in [7, 11) is 0. The van der Waals surface area contributed by atoms with Gasteiger partial charge in [-0.2, -0.15) is 0 Å². The summed E-state index contributed by atoms with van der Waals surface area (Å²) >= 11 is 0. The number of carbonyl (C=O) groups is 2. The number of amides is 2. The third-order valence-corrected chi connectivity index (χ3v) is 3.62. The van der Waals surface area contributed by atoms with Gasteiger partial charge in [-0.25, -0.2) is 9.97 Å². The van der Waals surface area contributed by atoms with Crippen LogP contribution >= 0.6 is 0 Å². The van der Waals surface area contributed by atoms with Gasteiger partial charge < -0.3 is 16.0 Å². The second-order valence-corrected chi connectivity index (χ2v) is 5.91. The van der Waals surface area contributed by atoms with Crippen LogP contribution in [0.25, 0.3) is 11.3 Å². The molecule has 0 unspecified atom stereocenters. The van der Waals surface area contributed by atoms with Crippen molar-refractivity contribution in [3.05, 3.63) is 60.8 Å². The number of rotatable bonds is 5. The van der Waals surface area contributed by atoms with Crippen LogP contribution in [0.1, 0.15) is 13.8 Å². The van der Waals surface area contributed by atoms with Crippen molar-refractivity contribution < 1.29 is 9.59 Å². The molecule has 27 heavy (non-hydrogen) atoms. The second-order valence-electron chi connectivity index (χ2n) is 5.91. The molecule has 7 nitrogen and oxygen atoms in total. The predicted octanol–water partition coefficient (Wildman–Crippen LogP) is 3.80. The first-order chi connectivity index (χ1) is 13.0. The number of hydrogen-bond acceptors (Lipinski definition) is 5. The van der Waals surface area contributed by atoms with Gasteiger partial charge in [0.15, 0.2) is 0 Å². The first-order valence-electron chi connectivity index (χ1n) is 8.35. The Bertz CT molecular complexity index is 953. The van der Waals surface area contributed by atoms with Gasteiger partial charge in [-0.1, -0.05) is 12.1 Å². The van der Waals surface area contributed by atoms with E-state index in [0.717, 1.165) is 28.3 Å². The van der Waals surface area contributed by atoms with Crippen molar-refractivity contribution in [2.24, 2.45) is 0 Å². The minimum absolute atomic E-state index is 0.110. The SMILES string of the molecule is CC(=O)Nc1ccc(Nc2nccc(-c3ccc(NC(C)=O)cc3)n2)cc1. The van der Waals surface area contributed by atoms with Crippen LogP contribution < -0.4 is 16.0 Å². The average molecular weight is 361 g/mol. The number of hydrogen-bond donors (Lipinski definition) is 3. The highest BCUT2D eigenvalue weighted by Gasteiger charge is 2.04. The fraction of sp³-hybridized carbons (Fsp3) is 0.100. The van der Waals surface area contributed by atoms with Crippen LogP contribution in [0.5, 0.6) is 0 Å². The molecule has 136 valence electrons. The normalized spacial score (nSPS) is 10.1. The Kier molecular flexibility index (Phi) is 5.41. The van der Waals surface area contributed by atoms with Crippen LogP contribution in [0.4, 0.5) is 23.0 Å². The van der Waals surface area contributed by atoms with Crippen LogP contribution in [0.3, 0.4) is 0 Å². The largest absolute Gasteiger partial charge is 0.326 e. The molecule has 3 aromatic rings. The summed E-state index contributed by atoms with van der Waals surface area (Å²) < 4.78 is 0. The molecule has 0 saturated heterocycles. The van der Waals surface area contributed by atoms with Crippen molar-refractivity contribution in [1.82, 2.24) is 9.97 Å². The van der Waals surface area contributed by atoms with E-state index in [1.165, 1.54) is 13.8 Å². The molecule has 0 bridgehead atoms. The maximum Gasteiger partial charge on any atom is 0.227 e. The lowest BCUT2D eigenvalue weighted by molar-refractivity contribution is -0.115. The Morgan fingerprint density at radius 1 is 0.741 bits per heavy atom. The number of anilines is 4. The van der Waals surface area contributed by atoms with Crippen LogP contribution in [0.2, 0.25) is 0 Å². The summed E-state index contributed by atoms with van der Waals surface area (Å²) in [6.45, 7) is 2.94. The zero-order chi connectivity index (χ0) is 19.2. The summed E-state index contributed by atoms with van der Waals surface area (Å²) in [5.74, 6) is 0.239. The van der Waals surface area contributed by atoms with E-state index in [-0.39, 0.29) is 11.8 Å². The maximum atomic E-state index is 11.1. The first kappa shape index (κ1) is 18.1. The Hall–Kier alpha value is -3.74. The van der Waals surface area contributed by atoms with Crippen LogP contribution in [-0.2, 0) is 9.59 Å². The number of nitrogens with one attached hydrogen (secondary N) is 3. The highest BCUT2D eigenvalue weighted by atomic mass is 16.2. The molecule has 0 spiro atoms. The van der Waals surface area contributed by atoms with E-state index in [9.17, 15) is 9.59 Å². The summed E-state index contributed by atoms with van der Waals surface area (Å²) in [6, 6.07) is 16.5. The Morgan fingerprint density at radius 2 is 1.26 bits per heavy atom. The Morgan fingerprint density at radius 3 is 1.81 bits per heavy atom. The number of carbonyl (C=O) groups excluding carboxylic acids is 2. The molecule has 2 aromatic carbocycles. The molecule has 0 atom stereocenters. The molecular formula is C20H19N5O2. The van der Waals surface area contributed by atoms with Gasteiger partial charge in [-0.05, 0) is 42.5 Å². The molecule has 2 amide bonds. The molecule has 0 saturated carbocycles. The average Bonchev–Trinajstić information content (AvgIpc) is 2.63. The Labute approximate surface area is 156 Å². The monoisotopic (exact) mass is 361 g/mol. The first-order valence-corrected chi connectivity index (χ1v) is 8.35. The fourth-order valence-electron chi connectivity index (χ4n) is 2.48. The van der Waals surface area contributed by atoms with Crippen LogP contribution in [-0.4, -0.2) is 21.8 Å². The van der Waals surface area contributed by atoms with Gasteiger partial charge in [-0.3, -0.25) is 9.59 Å². The van der Waals surface area contributed by atoms with Gasteiger partial charge in [0.05, 0.1) is 5.69 Å². The molecule has 1 heterocycles. The minimum Gasteiger partial charge on any atom is -0.326 e. The highest BCUT2D eigenvalue weighted by Crippen LogP contribution is 2.22. The third-order valence-electron chi connectivity index (χ3n) is 3.62. The van der Waals surface area contributed by atoms with Gasteiger partial charge in [0.2, 0.25) is 17.8 Å².